The quantitative estimate of drug-likeness (QED) is 0.433. The van der Waals surface area contributed by atoms with Gasteiger partial charge in [0.25, 0.3) is 0 Å². The SMILES string of the molecule is CCC(C=O)O[C@H](OC)C(O)C=O. The molecular weight excluding hydrogens is 176 g/mol. The standard InChI is InChI=1S/C8H14O5/c1-3-6(4-9)13-8(12-2)7(11)5-10/h4-8,11H,3H2,1-2H3/t6?,7?,8-/m0/s1. The lowest BCUT2D eigenvalue weighted by molar-refractivity contribution is -0.196. The van der Waals surface area contributed by atoms with Gasteiger partial charge in [-0.05, 0) is 6.42 Å². The molecule has 0 amide bonds. The average molecular weight is 190 g/mol. The smallest absolute Gasteiger partial charge is 0.190 e. The van der Waals surface area contributed by atoms with E-state index in [9.17, 15) is 9.59 Å². The van der Waals surface area contributed by atoms with Crippen LogP contribution in [0.1, 0.15) is 13.3 Å². The largest absolute Gasteiger partial charge is 0.380 e. The molecule has 5 nitrogen and oxygen atoms in total. The number of methoxy groups -OCH3 is 1. The first-order chi connectivity index (χ1) is 6.19. The molecule has 0 saturated carbocycles. The van der Waals surface area contributed by atoms with E-state index in [-0.39, 0.29) is 0 Å². The molecule has 0 saturated heterocycles. The highest BCUT2D eigenvalue weighted by Gasteiger charge is 2.21. The van der Waals surface area contributed by atoms with Crippen molar-refractivity contribution in [2.75, 3.05) is 7.11 Å². The Kier molecular flexibility index (Phi) is 6.30. The van der Waals surface area contributed by atoms with E-state index in [4.69, 9.17) is 9.84 Å². The van der Waals surface area contributed by atoms with Crippen LogP contribution >= 0.6 is 0 Å². The molecule has 5 heteroatoms. The van der Waals surface area contributed by atoms with Crippen LogP contribution in [0.2, 0.25) is 0 Å². The number of aliphatic hydroxyl groups is 1. The molecule has 0 spiro atoms. The van der Waals surface area contributed by atoms with E-state index in [2.05, 4.69) is 4.74 Å². The van der Waals surface area contributed by atoms with Crippen LogP contribution in [0.15, 0.2) is 0 Å². The highest BCUT2D eigenvalue weighted by molar-refractivity contribution is 5.57. The summed E-state index contributed by atoms with van der Waals surface area (Å²) in [5, 5.41) is 9.02. The second kappa shape index (κ2) is 6.71. The Labute approximate surface area is 76.6 Å². The molecule has 0 heterocycles. The van der Waals surface area contributed by atoms with Gasteiger partial charge in [0.15, 0.2) is 18.7 Å². The molecule has 0 bridgehead atoms. The number of carbonyl (C=O) groups excluding carboxylic acids is 2. The average Bonchev–Trinajstić information content (AvgIpc) is 2.19. The van der Waals surface area contributed by atoms with E-state index >= 15 is 0 Å². The fourth-order valence-electron chi connectivity index (χ4n) is 0.736. The van der Waals surface area contributed by atoms with Gasteiger partial charge in [0.1, 0.15) is 12.4 Å². The highest BCUT2D eigenvalue weighted by atomic mass is 16.7. The lowest BCUT2D eigenvalue weighted by atomic mass is 10.3. The van der Waals surface area contributed by atoms with Crippen LogP contribution in [-0.2, 0) is 19.1 Å². The zero-order valence-electron chi connectivity index (χ0n) is 7.67. The fourth-order valence-corrected chi connectivity index (χ4v) is 0.736. The molecule has 0 aliphatic rings. The number of carbonyl (C=O) groups is 2. The summed E-state index contributed by atoms with van der Waals surface area (Å²) in [6.45, 7) is 1.75. The summed E-state index contributed by atoms with van der Waals surface area (Å²) >= 11 is 0. The number of rotatable bonds is 7. The maximum Gasteiger partial charge on any atom is 0.190 e. The third-order valence-electron chi connectivity index (χ3n) is 1.51. The topological polar surface area (TPSA) is 72.8 Å². The molecule has 2 unspecified atom stereocenters. The first-order valence-corrected chi connectivity index (χ1v) is 3.96. The van der Waals surface area contributed by atoms with Crippen LogP contribution in [0.4, 0.5) is 0 Å². The third-order valence-corrected chi connectivity index (χ3v) is 1.51. The van der Waals surface area contributed by atoms with E-state index < -0.39 is 18.5 Å². The third kappa shape index (κ3) is 4.12. The normalized spacial score (nSPS) is 17.5. The number of aliphatic hydroxyl groups excluding tert-OH is 1. The molecule has 0 aromatic carbocycles. The summed E-state index contributed by atoms with van der Waals surface area (Å²) in [6.07, 6.45) is -1.73. The highest BCUT2D eigenvalue weighted by Crippen LogP contribution is 2.04. The molecule has 0 aromatic heterocycles. The predicted molar refractivity (Wildman–Crippen MR) is 44.1 cm³/mol. The van der Waals surface area contributed by atoms with Crippen molar-refractivity contribution in [1.82, 2.24) is 0 Å². The van der Waals surface area contributed by atoms with Gasteiger partial charge in [-0.3, -0.25) is 0 Å². The first kappa shape index (κ1) is 12.2. The molecule has 0 rings (SSSR count). The zero-order valence-corrected chi connectivity index (χ0v) is 7.67. The van der Waals surface area contributed by atoms with E-state index in [0.717, 1.165) is 0 Å². The lowest BCUT2D eigenvalue weighted by Gasteiger charge is -2.20. The molecule has 13 heavy (non-hydrogen) atoms. The molecular formula is C8H14O5. The van der Waals surface area contributed by atoms with Crippen LogP contribution in [0, 0.1) is 0 Å². The summed E-state index contributed by atoms with van der Waals surface area (Å²) in [4.78, 5) is 20.5. The zero-order chi connectivity index (χ0) is 10.3. The van der Waals surface area contributed by atoms with Crippen molar-refractivity contribution < 1.29 is 24.2 Å². The van der Waals surface area contributed by atoms with Crippen molar-refractivity contribution >= 4 is 12.6 Å². The van der Waals surface area contributed by atoms with Crippen molar-refractivity contribution in [3.63, 3.8) is 0 Å². The molecule has 0 aromatic rings. The summed E-state index contributed by atoms with van der Waals surface area (Å²) in [5.41, 5.74) is 0. The number of ether oxygens (including phenoxy) is 2. The maximum absolute atomic E-state index is 10.3. The van der Waals surface area contributed by atoms with Crippen molar-refractivity contribution in [2.45, 2.75) is 31.8 Å². The summed E-state index contributed by atoms with van der Waals surface area (Å²) in [5.74, 6) is 0. The Balaban J connectivity index is 4.09. The van der Waals surface area contributed by atoms with Gasteiger partial charge in [-0.2, -0.15) is 0 Å². The van der Waals surface area contributed by atoms with Gasteiger partial charge in [0.05, 0.1) is 0 Å². The van der Waals surface area contributed by atoms with E-state index in [1.807, 2.05) is 0 Å². The summed E-state index contributed by atoms with van der Waals surface area (Å²) in [6, 6.07) is 0. The van der Waals surface area contributed by atoms with Crippen molar-refractivity contribution in [2.24, 2.45) is 0 Å². The molecule has 76 valence electrons. The van der Waals surface area contributed by atoms with Crippen LogP contribution < -0.4 is 0 Å². The minimum absolute atomic E-state index is 0.297. The number of aldehydes is 2. The molecule has 3 atom stereocenters. The van der Waals surface area contributed by atoms with Gasteiger partial charge in [-0.1, -0.05) is 6.92 Å². The fraction of sp³-hybridized carbons (Fsp3) is 0.750. The van der Waals surface area contributed by atoms with E-state index in [1.165, 1.54) is 7.11 Å². The molecule has 1 N–H and O–H groups in total. The monoisotopic (exact) mass is 190 g/mol. The maximum atomic E-state index is 10.3. The van der Waals surface area contributed by atoms with Crippen LogP contribution in [0.5, 0.6) is 0 Å². The van der Waals surface area contributed by atoms with Gasteiger partial charge >= 0.3 is 0 Å². The molecule has 0 fully saturated rings. The van der Waals surface area contributed by atoms with Crippen molar-refractivity contribution in [3.05, 3.63) is 0 Å². The number of hydrogen-bond acceptors (Lipinski definition) is 5. The van der Waals surface area contributed by atoms with Gasteiger partial charge in [-0.25, -0.2) is 0 Å². The van der Waals surface area contributed by atoms with Crippen molar-refractivity contribution in [3.8, 4) is 0 Å². The Hall–Kier alpha value is -0.780. The van der Waals surface area contributed by atoms with E-state index in [1.54, 1.807) is 6.92 Å². The molecule has 0 aliphatic carbocycles. The van der Waals surface area contributed by atoms with Crippen LogP contribution in [-0.4, -0.2) is 43.3 Å². The first-order valence-electron chi connectivity index (χ1n) is 3.96. The molecule has 0 radical (unpaired) electrons. The van der Waals surface area contributed by atoms with Crippen molar-refractivity contribution in [1.29, 1.82) is 0 Å². The Morgan fingerprint density at radius 2 is 2.00 bits per heavy atom. The van der Waals surface area contributed by atoms with Crippen LogP contribution in [0.3, 0.4) is 0 Å². The Morgan fingerprint density at radius 3 is 2.31 bits per heavy atom. The molecule has 0 aliphatic heterocycles. The minimum atomic E-state index is -1.36. The van der Waals surface area contributed by atoms with E-state index in [0.29, 0.717) is 19.0 Å². The minimum Gasteiger partial charge on any atom is -0.380 e. The van der Waals surface area contributed by atoms with Gasteiger partial charge in [0, 0.05) is 7.11 Å². The second-order valence-corrected chi connectivity index (χ2v) is 2.45. The lowest BCUT2D eigenvalue weighted by Crippen LogP contribution is -2.35. The Morgan fingerprint density at radius 1 is 1.38 bits per heavy atom. The Bertz CT molecular complexity index is 159. The second-order valence-electron chi connectivity index (χ2n) is 2.45. The summed E-state index contributed by atoms with van der Waals surface area (Å²) < 4.78 is 9.65. The summed E-state index contributed by atoms with van der Waals surface area (Å²) in [7, 11) is 1.29. The van der Waals surface area contributed by atoms with Gasteiger partial charge in [0.2, 0.25) is 0 Å². The van der Waals surface area contributed by atoms with Crippen LogP contribution in [0.25, 0.3) is 0 Å². The number of hydrogen-bond donors (Lipinski definition) is 1. The predicted octanol–water partition coefficient (Wildman–Crippen LogP) is -0.487. The van der Waals surface area contributed by atoms with Gasteiger partial charge < -0.3 is 24.2 Å². The van der Waals surface area contributed by atoms with Gasteiger partial charge in [-0.15, -0.1) is 0 Å².